The number of hydrogen-bond acceptors (Lipinski definition) is 5. The number of esters is 1. The Morgan fingerprint density at radius 3 is 2.32 bits per heavy atom. The molecule has 1 aliphatic heterocycles. The van der Waals surface area contributed by atoms with Crippen LogP contribution in [0.3, 0.4) is 0 Å². The van der Waals surface area contributed by atoms with E-state index in [1.807, 2.05) is 19.1 Å². The summed E-state index contributed by atoms with van der Waals surface area (Å²) in [4.78, 5) is 51.0. The topological polar surface area (TPSA) is 105 Å². The predicted molar refractivity (Wildman–Crippen MR) is 114 cm³/mol. The van der Waals surface area contributed by atoms with E-state index in [4.69, 9.17) is 4.74 Å². The number of rotatable bonds is 7. The van der Waals surface area contributed by atoms with Crippen molar-refractivity contribution >= 4 is 29.5 Å². The molecule has 162 valence electrons. The lowest BCUT2D eigenvalue weighted by Gasteiger charge is -2.21. The Morgan fingerprint density at radius 2 is 1.74 bits per heavy atom. The van der Waals surface area contributed by atoms with E-state index in [0.717, 1.165) is 10.5 Å². The number of carbonyl (C=O) groups excluding carboxylic acids is 4. The standard InChI is InChI=1S/C23H25N3O5/c1-4-23(3)21(29)26(22(30)25-23)14-18(27)31-19(16-8-6-5-7-9-16)20(28)24-17-12-10-15(2)11-13-17/h5-13,19H,4,14H2,1-3H3,(H,24,28)(H,25,30)/t19-,23+/m1/s1. The van der Waals surface area contributed by atoms with Gasteiger partial charge in [-0.15, -0.1) is 0 Å². The molecule has 0 aromatic heterocycles. The maximum absolute atomic E-state index is 12.9. The summed E-state index contributed by atoms with van der Waals surface area (Å²) >= 11 is 0. The Balaban J connectivity index is 1.75. The number of carbonyl (C=O) groups is 4. The second kappa shape index (κ2) is 8.99. The minimum absolute atomic E-state index is 0.384. The summed E-state index contributed by atoms with van der Waals surface area (Å²) in [7, 11) is 0. The van der Waals surface area contributed by atoms with Crippen LogP contribution >= 0.6 is 0 Å². The molecule has 4 amide bonds. The highest BCUT2D eigenvalue weighted by Gasteiger charge is 2.47. The van der Waals surface area contributed by atoms with Crippen LogP contribution in [-0.2, 0) is 19.1 Å². The molecule has 2 N–H and O–H groups in total. The van der Waals surface area contributed by atoms with Crippen LogP contribution in [0.1, 0.15) is 37.5 Å². The van der Waals surface area contributed by atoms with Gasteiger partial charge < -0.3 is 15.4 Å². The third-order valence-electron chi connectivity index (χ3n) is 5.25. The SMILES string of the molecule is CC[C@]1(C)NC(=O)N(CC(=O)O[C@@H](C(=O)Nc2ccc(C)cc2)c2ccccc2)C1=O. The van der Waals surface area contributed by atoms with E-state index < -0.39 is 42.0 Å². The Kier molecular flexibility index (Phi) is 6.39. The third kappa shape index (κ3) is 4.91. The summed E-state index contributed by atoms with van der Waals surface area (Å²) in [6, 6.07) is 15.1. The highest BCUT2D eigenvalue weighted by Crippen LogP contribution is 2.23. The predicted octanol–water partition coefficient (Wildman–Crippen LogP) is 2.94. The summed E-state index contributed by atoms with van der Waals surface area (Å²) in [6.07, 6.45) is -0.859. The molecule has 8 nitrogen and oxygen atoms in total. The Hall–Kier alpha value is -3.68. The molecule has 8 heteroatoms. The monoisotopic (exact) mass is 423 g/mol. The van der Waals surface area contributed by atoms with E-state index in [1.165, 1.54) is 0 Å². The molecule has 0 spiro atoms. The zero-order valence-corrected chi connectivity index (χ0v) is 17.7. The number of hydrogen-bond donors (Lipinski definition) is 2. The number of aryl methyl sites for hydroxylation is 1. The largest absolute Gasteiger partial charge is 0.446 e. The third-order valence-corrected chi connectivity index (χ3v) is 5.25. The van der Waals surface area contributed by atoms with Gasteiger partial charge in [0.05, 0.1) is 0 Å². The minimum atomic E-state index is -1.24. The first-order valence-corrected chi connectivity index (χ1v) is 9.99. The fourth-order valence-electron chi connectivity index (χ4n) is 3.17. The Labute approximate surface area is 180 Å². The fraction of sp³-hybridized carbons (Fsp3) is 0.304. The molecule has 1 aliphatic rings. The second-order valence-electron chi connectivity index (χ2n) is 7.64. The summed E-state index contributed by atoms with van der Waals surface area (Å²) in [5.74, 6) is -1.91. The van der Waals surface area contributed by atoms with Crippen molar-refractivity contribution in [3.05, 3.63) is 65.7 Å². The molecule has 0 aliphatic carbocycles. The molecular weight excluding hydrogens is 398 g/mol. The first-order chi connectivity index (χ1) is 14.7. The fourth-order valence-corrected chi connectivity index (χ4v) is 3.17. The number of anilines is 1. The van der Waals surface area contributed by atoms with Crippen LogP contribution in [0.5, 0.6) is 0 Å². The van der Waals surface area contributed by atoms with E-state index in [-0.39, 0.29) is 0 Å². The highest BCUT2D eigenvalue weighted by atomic mass is 16.5. The smallest absolute Gasteiger partial charge is 0.327 e. The maximum atomic E-state index is 12.9. The van der Waals surface area contributed by atoms with Crippen LogP contribution in [0.4, 0.5) is 10.5 Å². The van der Waals surface area contributed by atoms with E-state index in [0.29, 0.717) is 17.7 Å². The van der Waals surface area contributed by atoms with Crippen molar-refractivity contribution in [3.8, 4) is 0 Å². The molecule has 0 radical (unpaired) electrons. The van der Waals surface area contributed by atoms with Crippen LogP contribution in [0.25, 0.3) is 0 Å². The molecule has 2 atom stereocenters. The van der Waals surface area contributed by atoms with Crippen LogP contribution < -0.4 is 10.6 Å². The van der Waals surface area contributed by atoms with Gasteiger partial charge in [-0.3, -0.25) is 19.3 Å². The van der Waals surface area contributed by atoms with Gasteiger partial charge in [0.1, 0.15) is 12.1 Å². The Bertz CT molecular complexity index is 990. The van der Waals surface area contributed by atoms with Crippen molar-refractivity contribution in [3.63, 3.8) is 0 Å². The molecule has 1 fully saturated rings. The van der Waals surface area contributed by atoms with Crippen LogP contribution in [0.15, 0.2) is 54.6 Å². The normalized spacial score (nSPS) is 19.0. The molecule has 31 heavy (non-hydrogen) atoms. The number of nitrogens with one attached hydrogen (secondary N) is 2. The lowest BCUT2D eigenvalue weighted by molar-refractivity contribution is -0.156. The number of imide groups is 1. The van der Waals surface area contributed by atoms with Crippen LogP contribution in [0, 0.1) is 6.92 Å². The zero-order valence-electron chi connectivity index (χ0n) is 17.7. The summed E-state index contributed by atoms with van der Waals surface area (Å²) < 4.78 is 5.43. The van der Waals surface area contributed by atoms with Crippen LogP contribution in [0.2, 0.25) is 0 Å². The number of ether oxygens (including phenoxy) is 1. The zero-order chi connectivity index (χ0) is 22.6. The van der Waals surface area contributed by atoms with Gasteiger partial charge in [-0.05, 0) is 32.4 Å². The number of amides is 4. The van der Waals surface area contributed by atoms with E-state index in [2.05, 4.69) is 10.6 Å². The number of nitrogens with zero attached hydrogens (tertiary/aromatic N) is 1. The molecule has 0 saturated carbocycles. The first-order valence-electron chi connectivity index (χ1n) is 9.99. The van der Waals surface area contributed by atoms with E-state index in [1.54, 1.807) is 56.3 Å². The van der Waals surface area contributed by atoms with Gasteiger partial charge in [0.25, 0.3) is 11.8 Å². The molecule has 0 unspecified atom stereocenters. The second-order valence-corrected chi connectivity index (χ2v) is 7.64. The average Bonchev–Trinajstić information content (AvgIpc) is 2.97. The van der Waals surface area contributed by atoms with Crippen LogP contribution in [-0.4, -0.2) is 40.8 Å². The lowest BCUT2D eigenvalue weighted by Crippen LogP contribution is -2.43. The molecule has 1 heterocycles. The summed E-state index contributed by atoms with van der Waals surface area (Å²) in [5, 5.41) is 5.31. The van der Waals surface area contributed by atoms with Gasteiger partial charge >= 0.3 is 12.0 Å². The van der Waals surface area contributed by atoms with Crippen molar-refractivity contribution in [2.24, 2.45) is 0 Å². The quantitative estimate of drug-likeness (QED) is 0.526. The van der Waals surface area contributed by atoms with Crippen molar-refractivity contribution in [1.29, 1.82) is 0 Å². The number of urea groups is 1. The molecule has 1 saturated heterocycles. The van der Waals surface area contributed by atoms with Crippen molar-refractivity contribution in [2.45, 2.75) is 38.8 Å². The van der Waals surface area contributed by atoms with Gasteiger partial charge in [0.2, 0.25) is 6.10 Å². The average molecular weight is 423 g/mol. The van der Waals surface area contributed by atoms with Crippen molar-refractivity contribution < 1.29 is 23.9 Å². The lowest BCUT2D eigenvalue weighted by atomic mass is 9.99. The molecule has 2 aromatic carbocycles. The van der Waals surface area contributed by atoms with E-state index >= 15 is 0 Å². The highest BCUT2D eigenvalue weighted by molar-refractivity contribution is 6.08. The number of benzene rings is 2. The van der Waals surface area contributed by atoms with Gasteiger partial charge in [-0.2, -0.15) is 0 Å². The van der Waals surface area contributed by atoms with Gasteiger partial charge in [0, 0.05) is 11.3 Å². The first kappa shape index (κ1) is 22.0. The molecule has 0 bridgehead atoms. The molecular formula is C23H25N3O5. The van der Waals surface area contributed by atoms with Crippen molar-refractivity contribution in [1.82, 2.24) is 10.2 Å². The van der Waals surface area contributed by atoms with E-state index in [9.17, 15) is 19.2 Å². The van der Waals surface area contributed by atoms with Gasteiger partial charge in [-0.1, -0.05) is 55.0 Å². The van der Waals surface area contributed by atoms with Gasteiger partial charge in [-0.25, -0.2) is 4.79 Å². The maximum Gasteiger partial charge on any atom is 0.327 e. The molecule has 3 rings (SSSR count). The summed E-state index contributed by atoms with van der Waals surface area (Å²) in [6.45, 7) is 4.71. The Morgan fingerprint density at radius 1 is 1.10 bits per heavy atom. The molecule has 2 aromatic rings. The minimum Gasteiger partial charge on any atom is -0.446 e. The van der Waals surface area contributed by atoms with Crippen molar-refractivity contribution in [2.75, 3.05) is 11.9 Å². The summed E-state index contributed by atoms with van der Waals surface area (Å²) in [5.41, 5.74) is 1.01. The van der Waals surface area contributed by atoms with Gasteiger partial charge in [0.15, 0.2) is 0 Å².